The molecule has 0 saturated heterocycles. The van der Waals surface area contributed by atoms with Gasteiger partial charge in [0.2, 0.25) is 0 Å². The Balaban J connectivity index is 2.01. The van der Waals surface area contributed by atoms with Crippen molar-refractivity contribution < 1.29 is 0 Å². The van der Waals surface area contributed by atoms with Gasteiger partial charge in [0.05, 0.1) is 24.0 Å². The number of hydrogen-bond acceptors (Lipinski definition) is 3. The molecule has 0 spiro atoms. The van der Waals surface area contributed by atoms with Crippen LogP contribution in [0.15, 0.2) is 48.9 Å². The Morgan fingerprint density at radius 2 is 1.94 bits per heavy atom. The summed E-state index contributed by atoms with van der Waals surface area (Å²) in [4.78, 5) is 8.52. The Morgan fingerprint density at radius 1 is 1.00 bits per heavy atom. The van der Waals surface area contributed by atoms with E-state index >= 15 is 0 Å². The van der Waals surface area contributed by atoms with Crippen LogP contribution < -0.4 is 0 Å². The van der Waals surface area contributed by atoms with Gasteiger partial charge in [-0.2, -0.15) is 5.10 Å². The van der Waals surface area contributed by atoms with Crippen LogP contribution >= 0.6 is 0 Å². The van der Waals surface area contributed by atoms with Gasteiger partial charge in [-0.15, -0.1) is 0 Å². The van der Waals surface area contributed by atoms with Crippen molar-refractivity contribution >= 4 is 11.0 Å². The molecule has 0 saturated carbocycles. The second kappa shape index (κ2) is 3.73. The highest BCUT2D eigenvalue weighted by atomic mass is 15.3. The number of aromatic nitrogens is 4. The first kappa shape index (κ1) is 9.03. The van der Waals surface area contributed by atoms with Crippen molar-refractivity contribution in [3.63, 3.8) is 0 Å². The SMILES string of the molecule is c1ccc(Cn2ncc3ncccc32)nc1. The number of hydrogen-bond donors (Lipinski definition) is 0. The van der Waals surface area contributed by atoms with E-state index in [-0.39, 0.29) is 0 Å². The maximum atomic E-state index is 4.30. The summed E-state index contributed by atoms with van der Waals surface area (Å²) in [6.07, 6.45) is 5.34. The van der Waals surface area contributed by atoms with Gasteiger partial charge in [-0.25, -0.2) is 0 Å². The molecule has 16 heavy (non-hydrogen) atoms. The topological polar surface area (TPSA) is 43.6 Å². The van der Waals surface area contributed by atoms with Gasteiger partial charge in [-0.3, -0.25) is 14.6 Å². The highest BCUT2D eigenvalue weighted by Crippen LogP contribution is 2.10. The van der Waals surface area contributed by atoms with Crippen LogP contribution in [-0.4, -0.2) is 19.7 Å². The van der Waals surface area contributed by atoms with E-state index in [0.29, 0.717) is 6.54 Å². The largest absolute Gasteiger partial charge is 0.259 e. The van der Waals surface area contributed by atoms with Crippen molar-refractivity contribution in [3.05, 3.63) is 54.6 Å². The maximum absolute atomic E-state index is 4.30. The van der Waals surface area contributed by atoms with E-state index in [1.54, 1.807) is 18.6 Å². The molecule has 0 radical (unpaired) electrons. The summed E-state index contributed by atoms with van der Waals surface area (Å²) in [5, 5.41) is 4.30. The lowest BCUT2D eigenvalue weighted by Crippen LogP contribution is -2.02. The highest BCUT2D eigenvalue weighted by Gasteiger charge is 2.03. The lowest BCUT2D eigenvalue weighted by Gasteiger charge is -2.01. The van der Waals surface area contributed by atoms with E-state index < -0.39 is 0 Å². The lowest BCUT2D eigenvalue weighted by molar-refractivity contribution is 0.696. The number of nitrogens with zero attached hydrogens (tertiary/aromatic N) is 4. The van der Waals surface area contributed by atoms with Gasteiger partial charge >= 0.3 is 0 Å². The standard InChI is InChI=1S/C12H10N4/c1-2-6-13-10(4-1)9-16-12-5-3-7-14-11(12)8-15-16/h1-8H,9H2. The zero-order valence-electron chi connectivity index (χ0n) is 8.61. The van der Waals surface area contributed by atoms with E-state index in [2.05, 4.69) is 15.1 Å². The fourth-order valence-electron chi connectivity index (χ4n) is 1.68. The number of rotatable bonds is 2. The summed E-state index contributed by atoms with van der Waals surface area (Å²) in [5.74, 6) is 0. The Labute approximate surface area is 92.6 Å². The van der Waals surface area contributed by atoms with Gasteiger partial charge in [0.15, 0.2) is 0 Å². The average molecular weight is 210 g/mol. The fourth-order valence-corrected chi connectivity index (χ4v) is 1.68. The fraction of sp³-hybridized carbons (Fsp3) is 0.0833. The van der Waals surface area contributed by atoms with Gasteiger partial charge in [0.1, 0.15) is 5.52 Å². The average Bonchev–Trinajstić information content (AvgIpc) is 2.74. The summed E-state index contributed by atoms with van der Waals surface area (Å²) >= 11 is 0. The third kappa shape index (κ3) is 1.54. The zero-order valence-corrected chi connectivity index (χ0v) is 8.61. The predicted molar refractivity (Wildman–Crippen MR) is 60.9 cm³/mol. The van der Waals surface area contributed by atoms with Crippen LogP contribution in [0.1, 0.15) is 5.69 Å². The van der Waals surface area contributed by atoms with Crippen LogP contribution in [0.5, 0.6) is 0 Å². The molecule has 0 aromatic carbocycles. The maximum Gasteiger partial charge on any atom is 0.108 e. The van der Waals surface area contributed by atoms with Crippen molar-refractivity contribution in [1.29, 1.82) is 0 Å². The monoisotopic (exact) mass is 210 g/mol. The minimum atomic E-state index is 0.677. The first-order valence-electron chi connectivity index (χ1n) is 5.10. The minimum Gasteiger partial charge on any atom is -0.259 e. The van der Waals surface area contributed by atoms with Crippen molar-refractivity contribution in [2.75, 3.05) is 0 Å². The molecule has 0 unspecified atom stereocenters. The third-order valence-corrected chi connectivity index (χ3v) is 2.45. The first-order chi connectivity index (χ1) is 7.93. The van der Waals surface area contributed by atoms with E-state index in [1.807, 2.05) is 35.0 Å². The molecule has 0 fully saturated rings. The molecule has 3 rings (SSSR count). The second-order valence-electron chi connectivity index (χ2n) is 3.53. The lowest BCUT2D eigenvalue weighted by atomic mass is 10.3. The summed E-state index contributed by atoms with van der Waals surface area (Å²) in [5.41, 5.74) is 2.95. The summed E-state index contributed by atoms with van der Waals surface area (Å²) in [7, 11) is 0. The molecular formula is C12H10N4. The molecule has 0 aliphatic rings. The zero-order chi connectivity index (χ0) is 10.8. The quantitative estimate of drug-likeness (QED) is 0.648. The van der Waals surface area contributed by atoms with Crippen molar-refractivity contribution in [3.8, 4) is 0 Å². The smallest absolute Gasteiger partial charge is 0.108 e. The molecule has 3 aromatic heterocycles. The summed E-state index contributed by atoms with van der Waals surface area (Å²) in [6, 6.07) is 9.81. The van der Waals surface area contributed by atoms with Crippen molar-refractivity contribution in [2.45, 2.75) is 6.54 Å². The number of pyridine rings is 2. The van der Waals surface area contributed by atoms with Gasteiger partial charge in [-0.05, 0) is 24.3 Å². The molecule has 0 bridgehead atoms. The summed E-state index contributed by atoms with van der Waals surface area (Å²) in [6.45, 7) is 0.677. The van der Waals surface area contributed by atoms with Crippen molar-refractivity contribution in [1.82, 2.24) is 19.7 Å². The van der Waals surface area contributed by atoms with Crippen LogP contribution in [0.2, 0.25) is 0 Å². The van der Waals surface area contributed by atoms with Crippen LogP contribution in [-0.2, 0) is 6.54 Å². The molecule has 0 atom stereocenters. The molecule has 4 heteroatoms. The Kier molecular flexibility index (Phi) is 2.11. The third-order valence-electron chi connectivity index (χ3n) is 2.45. The molecule has 0 amide bonds. The molecule has 0 N–H and O–H groups in total. The molecule has 0 aliphatic carbocycles. The van der Waals surface area contributed by atoms with Gasteiger partial charge in [0, 0.05) is 12.4 Å². The minimum absolute atomic E-state index is 0.677. The normalized spacial score (nSPS) is 10.8. The van der Waals surface area contributed by atoms with Crippen LogP contribution in [0, 0.1) is 0 Å². The predicted octanol–water partition coefficient (Wildman–Crippen LogP) is 1.87. The van der Waals surface area contributed by atoms with E-state index in [1.165, 1.54) is 0 Å². The molecular weight excluding hydrogens is 200 g/mol. The van der Waals surface area contributed by atoms with Crippen LogP contribution in [0.25, 0.3) is 11.0 Å². The Hall–Kier alpha value is -2.23. The first-order valence-corrected chi connectivity index (χ1v) is 5.10. The van der Waals surface area contributed by atoms with E-state index in [0.717, 1.165) is 16.7 Å². The van der Waals surface area contributed by atoms with Gasteiger partial charge < -0.3 is 0 Å². The van der Waals surface area contributed by atoms with Gasteiger partial charge in [-0.1, -0.05) is 6.07 Å². The highest BCUT2D eigenvalue weighted by molar-refractivity contribution is 5.73. The number of fused-ring (bicyclic) bond motifs is 1. The van der Waals surface area contributed by atoms with Crippen molar-refractivity contribution in [2.24, 2.45) is 0 Å². The molecule has 3 aromatic rings. The van der Waals surface area contributed by atoms with Crippen LogP contribution in [0.4, 0.5) is 0 Å². The van der Waals surface area contributed by atoms with E-state index in [9.17, 15) is 0 Å². The molecule has 0 aliphatic heterocycles. The van der Waals surface area contributed by atoms with Crippen LogP contribution in [0.3, 0.4) is 0 Å². The van der Waals surface area contributed by atoms with Gasteiger partial charge in [0.25, 0.3) is 0 Å². The second-order valence-corrected chi connectivity index (χ2v) is 3.53. The van der Waals surface area contributed by atoms with E-state index in [4.69, 9.17) is 0 Å². The molecule has 4 nitrogen and oxygen atoms in total. The Morgan fingerprint density at radius 3 is 2.81 bits per heavy atom. The molecule has 78 valence electrons. The summed E-state index contributed by atoms with van der Waals surface area (Å²) < 4.78 is 1.91. The molecule has 3 heterocycles. The Bertz CT molecular complexity index is 600.